The van der Waals surface area contributed by atoms with Crippen LogP contribution in [0.4, 0.5) is 0 Å². The van der Waals surface area contributed by atoms with Crippen molar-refractivity contribution >= 4 is 21.6 Å². The van der Waals surface area contributed by atoms with Gasteiger partial charge in [0.15, 0.2) is 0 Å². The number of rotatable bonds is 1. The molecule has 0 fully saturated rings. The van der Waals surface area contributed by atoms with Crippen molar-refractivity contribution in [2.24, 2.45) is 0 Å². The van der Waals surface area contributed by atoms with Crippen LogP contribution in [0, 0.1) is 0 Å². The first kappa shape index (κ1) is 8.06. The van der Waals surface area contributed by atoms with E-state index < -0.39 is 0 Å². The Kier molecular flexibility index (Phi) is 1.64. The van der Waals surface area contributed by atoms with Gasteiger partial charge in [0, 0.05) is 11.8 Å². The Labute approximate surface area is 86.7 Å². The van der Waals surface area contributed by atoms with Crippen LogP contribution in [0.1, 0.15) is 12.5 Å². The largest absolute Gasteiger partial charge is 0.360 e. The third-order valence-electron chi connectivity index (χ3n) is 2.73. The van der Waals surface area contributed by atoms with Gasteiger partial charge in [0.2, 0.25) is 0 Å². The van der Waals surface area contributed by atoms with Crippen LogP contribution in [-0.4, -0.2) is 4.98 Å². The minimum atomic E-state index is 1.11. The van der Waals surface area contributed by atoms with Gasteiger partial charge in [-0.05, 0) is 29.0 Å². The van der Waals surface area contributed by atoms with Crippen molar-refractivity contribution in [3.63, 3.8) is 0 Å². The third kappa shape index (κ3) is 0.946. The van der Waals surface area contributed by atoms with Gasteiger partial charge < -0.3 is 4.98 Å². The Morgan fingerprint density at radius 1 is 1.29 bits per heavy atom. The number of H-pyrrole nitrogens is 1. The number of pyridine rings is 1. The number of aromatic amines is 1. The predicted molar refractivity (Wildman–Crippen MR) is 62.2 cm³/mol. The Bertz CT molecular complexity index is 547. The molecule has 0 atom stereocenters. The number of aryl methyl sites for hydroxylation is 1. The Balaban J connectivity index is 2.49. The van der Waals surface area contributed by atoms with Gasteiger partial charge in [-0.15, -0.1) is 11.3 Å². The fourth-order valence-electron chi connectivity index (χ4n) is 2.01. The molecule has 1 aromatic heterocycles. The first-order chi connectivity index (χ1) is 6.90. The lowest BCUT2D eigenvalue weighted by Crippen LogP contribution is -1.83. The summed E-state index contributed by atoms with van der Waals surface area (Å²) in [5.74, 6) is 0. The van der Waals surface area contributed by atoms with E-state index in [-0.39, 0.29) is 0 Å². The second kappa shape index (κ2) is 2.85. The van der Waals surface area contributed by atoms with Crippen LogP contribution in [0.15, 0.2) is 29.8 Å². The molecule has 1 aromatic rings. The van der Waals surface area contributed by atoms with E-state index in [2.05, 4.69) is 41.7 Å². The lowest BCUT2D eigenvalue weighted by atomic mass is 10.1. The molecule has 0 bridgehead atoms. The monoisotopic (exact) mass is 201 g/mol. The molecule has 3 rings (SSSR count). The first-order valence-corrected chi connectivity index (χ1v) is 5.74. The van der Waals surface area contributed by atoms with Gasteiger partial charge in [0.25, 0.3) is 0 Å². The van der Waals surface area contributed by atoms with Gasteiger partial charge >= 0.3 is 0 Å². The lowest BCUT2D eigenvalue weighted by Gasteiger charge is -2.03. The summed E-state index contributed by atoms with van der Waals surface area (Å²) in [6.07, 6.45) is 3.21. The SMILES string of the molecule is CCc1ccc2c[nH]c3ccsc3c1-2. The van der Waals surface area contributed by atoms with E-state index in [1.54, 1.807) is 0 Å². The standard InChI is InChI=1S/C12H11NS/c1-2-8-3-4-9-7-13-10-5-6-14-12(10)11(8)9/h3-7,13H,2H2,1H3. The van der Waals surface area contributed by atoms with Gasteiger partial charge in [-0.2, -0.15) is 0 Å². The molecule has 2 heteroatoms. The van der Waals surface area contributed by atoms with Crippen LogP contribution >= 0.6 is 11.3 Å². The highest BCUT2D eigenvalue weighted by Crippen LogP contribution is 2.36. The maximum absolute atomic E-state index is 3.32. The van der Waals surface area contributed by atoms with Crippen molar-refractivity contribution in [3.05, 3.63) is 35.3 Å². The number of hydrogen-bond donors (Lipinski definition) is 1. The highest BCUT2D eigenvalue weighted by Gasteiger charge is 2.12. The van der Waals surface area contributed by atoms with E-state index in [9.17, 15) is 0 Å². The minimum Gasteiger partial charge on any atom is -0.360 e. The normalized spacial score (nSPS) is 11.5. The van der Waals surface area contributed by atoms with Crippen molar-refractivity contribution in [1.29, 1.82) is 0 Å². The Morgan fingerprint density at radius 2 is 2.21 bits per heavy atom. The molecule has 0 unspecified atom stereocenters. The molecule has 0 radical (unpaired) electrons. The topological polar surface area (TPSA) is 15.8 Å². The zero-order valence-electron chi connectivity index (χ0n) is 8.00. The zero-order chi connectivity index (χ0) is 9.54. The van der Waals surface area contributed by atoms with E-state index in [4.69, 9.17) is 0 Å². The zero-order valence-corrected chi connectivity index (χ0v) is 8.82. The van der Waals surface area contributed by atoms with Crippen LogP contribution in [0.25, 0.3) is 21.3 Å². The fourth-order valence-corrected chi connectivity index (χ4v) is 2.97. The van der Waals surface area contributed by atoms with Crippen LogP contribution in [-0.2, 0) is 6.42 Å². The number of fused-ring (bicyclic) bond motifs is 3. The summed E-state index contributed by atoms with van der Waals surface area (Å²) in [7, 11) is 0. The highest BCUT2D eigenvalue weighted by atomic mass is 32.1. The van der Waals surface area contributed by atoms with Gasteiger partial charge in [-0.1, -0.05) is 19.1 Å². The van der Waals surface area contributed by atoms with Gasteiger partial charge in [0.05, 0.1) is 10.2 Å². The molecule has 1 nitrogen and oxygen atoms in total. The summed E-state index contributed by atoms with van der Waals surface area (Å²) < 4.78 is 1.39. The second-order valence-corrected chi connectivity index (χ2v) is 4.41. The molecule has 0 saturated carbocycles. The molecule has 0 aromatic carbocycles. The molecule has 0 amide bonds. The molecule has 70 valence electrons. The van der Waals surface area contributed by atoms with Crippen molar-refractivity contribution in [2.75, 3.05) is 0 Å². The minimum absolute atomic E-state index is 1.11. The summed E-state index contributed by atoms with van der Waals surface area (Å²) in [5, 5.41) is 2.15. The lowest BCUT2D eigenvalue weighted by molar-refractivity contribution is 1.16. The molecule has 14 heavy (non-hydrogen) atoms. The van der Waals surface area contributed by atoms with E-state index >= 15 is 0 Å². The molecule has 2 heterocycles. The smallest absolute Gasteiger partial charge is 0.0586 e. The maximum Gasteiger partial charge on any atom is 0.0586 e. The molecular weight excluding hydrogens is 190 g/mol. The molecule has 0 saturated heterocycles. The molecular formula is C12H11NS. The van der Waals surface area contributed by atoms with Gasteiger partial charge in [-0.3, -0.25) is 0 Å². The summed E-state index contributed by atoms with van der Waals surface area (Å²) >= 11 is 1.82. The van der Waals surface area contributed by atoms with Crippen LogP contribution in [0.2, 0.25) is 0 Å². The van der Waals surface area contributed by atoms with Crippen LogP contribution in [0.3, 0.4) is 0 Å². The molecule has 0 spiro atoms. The number of thiophene rings is 1. The van der Waals surface area contributed by atoms with E-state index in [0.29, 0.717) is 0 Å². The maximum atomic E-state index is 3.32. The summed E-state index contributed by atoms with van der Waals surface area (Å²) in [6.45, 7) is 2.21. The quantitative estimate of drug-likeness (QED) is 0.614. The first-order valence-electron chi connectivity index (χ1n) is 4.86. The highest BCUT2D eigenvalue weighted by molar-refractivity contribution is 7.17. The molecule has 1 aliphatic heterocycles. The Hall–Kier alpha value is -1.28. The van der Waals surface area contributed by atoms with E-state index in [1.807, 2.05) is 11.3 Å². The van der Waals surface area contributed by atoms with Crippen LogP contribution < -0.4 is 0 Å². The number of hydrogen-bond acceptors (Lipinski definition) is 1. The van der Waals surface area contributed by atoms with Crippen LogP contribution in [0.5, 0.6) is 0 Å². The summed E-state index contributed by atoms with van der Waals surface area (Å²) in [6, 6.07) is 6.58. The molecule has 1 N–H and O–H groups in total. The average Bonchev–Trinajstić information content (AvgIpc) is 2.82. The summed E-state index contributed by atoms with van der Waals surface area (Å²) in [4.78, 5) is 3.32. The van der Waals surface area contributed by atoms with Crippen molar-refractivity contribution in [3.8, 4) is 11.1 Å². The van der Waals surface area contributed by atoms with Crippen molar-refractivity contribution in [1.82, 2.24) is 4.98 Å². The third-order valence-corrected chi connectivity index (χ3v) is 3.66. The molecule has 1 aliphatic carbocycles. The van der Waals surface area contributed by atoms with E-state index in [0.717, 1.165) is 6.42 Å². The van der Waals surface area contributed by atoms with Crippen molar-refractivity contribution < 1.29 is 0 Å². The van der Waals surface area contributed by atoms with Gasteiger partial charge in [0.1, 0.15) is 0 Å². The van der Waals surface area contributed by atoms with E-state index in [1.165, 1.54) is 26.9 Å². The Morgan fingerprint density at radius 3 is 3.07 bits per heavy atom. The number of nitrogens with one attached hydrogen (secondary N) is 1. The van der Waals surface area contributed by atoms with Gasteiger partial charge in [-0.25, -0.2) is 0 Å². The predicted octanol–water partition coefficient (Wildman–Crippen LogP) is 3.90. The molecule has 2 aliphatic rings. The average molecular weight is 201 g/mol. The fraction of sp³-hybridized carbons (Fsp3) is 0.167. The van der Waals surface area contributed by atoms with Crippen molar-refractivity contribution in [2.45, 2.75) is 13.3 Å². The second-order valence-electron chi connectivity index (χ2n) is 3.49. The summed E-state index contributed by atoms with van der Waals surface area (Å²) in [5.41, 5.74) is 5.48. The number of aromatic nitrogens is 1.